The van der Waals surface area contributed by atoms with Crippen LogP contribution in [0.3, 0.4) is 0 Å². The average Bonchev–Trinajstić information content (AvgIpc) is 3.40. The van der Waals surface area contributed by atoms with Gasteiger partial charge in [-0.1, -0.05) is 48.5 Å². The number of aryl methyl sites for hydroxylation is 8. The molecular weight excluding hydrogens is 1050 g/mol. The van der Waals surface area contributed by atoms with E-state index in [4.69, 9.17) is 37.3 Å². The van der Waals surface area contributed by atoms with Crippen molar-refractivity contribution in [3.8, 4) is 0 Å². The first-order valence-corrected chi connectivity index (χ1v) is 25.2. The number of nitrogens with zero attached hydrogens (tertiary/aromatic N) is 8. The van der Waals surface area contributed by atoms with Crippen LogP contribution in [0.15, 0.2) is 147 Å². The first kappa shape index (κ1) is 57.2. The van der Waals surface area contributed by atoms with E-state index in [1.807, 2.05) is 98.1 Å². The van der Waals surface area contributed by atoms with Crippen LogP contribution in [0.4, 0.5) is 0 Å². The summed E-state index contributed by atoms with van der Waals surface area (Å²) >= 11 is 0. The van der Waals surface area contributed by atoms with Crippen molar-refractivity contribution < 1.29 is 74.8 Å². The Hall–Kier alpha value is -7.06. The minimum atomic E-state index is -4.94. The quantitative estimate of drug-likeness (QED) is 0.153. The minimum Gasteiger partial charge on any atom is -0.254 e. The molecule has 0 aliphatic heterocycles. The zero-order chi connectivity index (χ0) is 53.5. The summed E-state index contributed by atoms with van der Waals surface area (Å²) in [4.78, 5) is 35.6. The maximum Gasteiger partial charge on any atom is 2.00 e. The van der Waals surface area contributed by atoms with Gasteiger partial charge in [0, 0.05) is 92.7 Å². The van der Waals surface area contributed by atoms with Gasteiger partial charge in [-0.15, -0.1) is 20.5 Å². The van der Waals surface area contributed by atoms with Crippen molar-refractivity contribution in [1.82, 2.24) is 39.9 Å². The van der Waals surface area contributed by atoms with E-state index in [-0.39, 0.29) is 17.1 Å². The summed E-state index contributed by atoms with van der Waals surface area (Å²) in [5.74, 6) is 0. The predicted octanol–water partition coefficient (Wildman–Crippen LogP) is 4.08. The Morgan fingerprint density at radius 3 is 0.413 bits per heavy atom. The van der Waals surface area contributed by atoms with Gasteiger partial charge >= 0.3 is 17.1 Å². The van der Waals surface area contributed by atoms with Crippen LogP contribution >= 0.6 is 0 Å². The molecule has 12 aromatic rings. The molecule has 1 radical (unpaired) electrons. The molecule has 19 heteroatoms. The van der Waals surface area contributed by atoms with E-state index in [0.717, 1.165) is 44.1 Å². The van der Waals surface area contributed by atoms with Crippen LogP contribution in [0.5, 0.6) is 0 Å². The van der Waals surface area contributed by atoms with Crippen molar-refractivity contribution in [2.75, 3.05) is 0 Å². The van der Waals surface area contributed by atoms with Crippen molar-refractivity contribution >= 4 is 87.2 Å². The summed E-state index contributed by atoms with van der Waals surface area (Å²) < 4.78 is 67.9. The second kappa shape index (κ2) is 24.5. The SMILES string of the molecule is Cc1c(C)c2cccnc2c2ncccc12.Cc1c(C)c2cccnc2c2ncccc12.Cc1c(C)c2cccnc2c2ncccc12.Cc1c(C)c2cccnc2c2ncccc12.[Cu+2].[O-][Cl+3]([O-])([O-])[O-].[O-][Cl+3]([O-])([O-])[O-]. The molecule has 8 aromatic heterocycles. The average molecular weight is 1100 g/mol. The molecule has 4 aromatic carbocycles. The fourth-order valence-electron chi connectivity index (χ4n) is 8.79. The van der Waals surface area contributed by atoms with Gasteiger partial charge in [0.15, 0.2) is 0 Å². The maximum atomic E-state index is 8.49. The van der Waals surface area contributed by atoms with Gasteiger partial charge in [0.05, 0.1) is 44.1 Å². The molecule has 0 bridgehead atoms. The third kappa shape index (κ3) is 13.4. The topological polar surface area (TPSA) is 288 Å². The third-order valence-corrected chi connectivity index (χ3v) is 12.8. The molecule has 75 heavy (non-hydrogen) atoms. The molecule has 12 rings (SSSR count). The summed E-state index contributed by atoms with van der Waals surface area (Å²) in [6, 6.07) is 32.7. The number of pyridine rings is 8. The Morgan fingerprint density at radius 2 is 0.320 bits per heavy atom. The van der Waals surface area contributed by atoms with Gasteiger partial charge < -0.3 is 0 Å². The molecule has 0 fully saturated rings. The molecule has 0 saturated heterocycles. The molecule has 16 nitrogen and oxygen atoms in total. The van der Waals surface area contributed by atoms with Crippen molar-refractivity contribution in [3.05, 3.63) is 191 Å². The Labute approximate surface area is 446 Å². The first-order valence-electron chi connectivity index (χ1n) is 22.7. The zero-order valence-corrected chi connectivity index (χ0v) is 44.2. The van der Waals surface area contributed by atoms with Gasteiger partial charge in [-0.25, -0.2) is 37.3 Å². The van der Waals surface area contributed by atoms with Crippen LogP contribution in [0.25, 0.3) is 87.2 Å². The number of aromatic nitrogens is 8. The van der Waals surface area contributed by atoms with Crippen LogP contribution in [0, 0.1) is 75.9 Å². The van der Waals surface area contributed by atoms with Crippen molar-refractivity contribution in [1.29, 1.82) is 0 Å². The van der Waals surface area contributed by atoms with Crippen LogP contribution in [-0.2, 0) is 17.1 Å². The second-order valence-electron chi connectivity index (χ2n) is 17.0. The summed E-state index contributed by atoms with van der Waals surface area (Å²) in [7, 11) is -9.89. The molecule has 0 amide bonds. The van der Waals surface area contributed by atoms with E-state index >= 15 is 0 Å². The van der Waals surface area contributed by atoms with E-state index in [1.165, 1.54) is 87.6 Å². The molecule has 0 atom stereocenters. The first-order chi connectivity index (χ1) is 35.2. The van der Waals surface area contributed by atoms with Gasteiger partial charge in [-0.05, 0) is 148 Å². The van der Waals surface area contributed by atoms with E-state index in [1.54, 1.807) is 0 Å². The van der Waals surface area contributed by atoms with Gasteiger partial charge in [-0.2, -0.15) is 0 Å². The van der Waals surface area contributed by atoms with E-state index in [0.29, 0.717) is 0 Å². The normalized spacial score (nSPS) is 11.1. The molecule has 0 N–H and O–H groups in total. The molecule has 0 aliphatic carbocycles. The largest absolute Gasteiger partial charge is 2.00 e. The number of halogens is 2. The summed E-state index contributed by atoms with van der Waals surface area (Å²) in [5, 5.41) is 9.60. The van der Waals surface area contributed by atoms with E-state index in [2.05, 4.69) is 144 Å². The Balaban J connectivity index is 0.000000153. The molecule has 385 valence electrons. The van der Waals surface area contributed by atoms with Gasteiger partial charge in [-0.3, -0.25) is 39.9 Å². The van der Waals surface area contributed by atoms with Crippen molar-refractivity contribution in [2.45, 2.75) is 55.4 Å². The minimum absolute atomic E-state index is 0. The van der Waals surface area contributed by atoms with Crippen LogP contribution in [-0.4, -0.2) is 39.9 Å². The van der Waals surface area contributed by atoms with Crippen LogP contribution in [0.1, 0.15) is 44.5 Å². The van der Waals surface area contributed by atoms with Crippen molar-refractivity contribution in [2.24, 2.45) is 0 Å². The summed E-state index contributed by atoms with van der Waals surface area (Å²) in [5.41, 5.74) is 18.4. The summed E-state index contributed by atoms with van der Waals surface area (Å²) in [6.07, 6.45) is 14.6. The second-order valence-corrected chi connectivity index (χ2v) is 18.5. The maximum absolute atomic E-state index is 8.49. The number of rotatable bonds is 0. The molecular formula is C56H48Cl2CuN8O8. The molecule has 0 unspecified atom stereocenters. The Bertz CT molecular complexity index is 3240. The van der Waals surface area contributed by atoms with Crippen molar-refractivity contribution in [3.63, 3.8) is 0 Å². The van der Waals surface area contributed by atoms with E-state index in [9.17, 15) is 0 Å². The van der Waals surface area contributed by atoms with Gasteiger partial charge in [0.25, 0.3) is 0 Å². The standard InChI is InChI=1S/4C14H12N2.2ClHO4.Cu/c4*1-9-10(2)12-6-4-8-16-14(12)13-11(9)5-3-7-15-13;2*2-1(3,4)5;/h4*3-8H,1-2H3;2*(H,2,3,4,5);/q;;;;;;+2/p-2. The van der Waals surface area contributed by atoms with E-state index < -0.39 is 20.5 Å². The zero-order valence-electron chi connectivity index (χ0n) is 41.8. The number of hydrogen-bond donors (Lipinski definition) is 0. The molecule has 0 spiro atoms. The predicted molar refractivity (Wildman–Crippen MR) is 266 cm³/mol. The Kier molecular flexibility index (Phi) is 18.7. The van der Waals surface area contributed by atoms with Gasteiger partial charge in [0.2, 0.25) is 0 Å². The molecule has 0 aliphatic rings. The third-order valence-electron chi connectivity index (χ3n) is 12.8. The van der Waals surface area contributed by atoms with Gasteiger partial charge in [0.1, 0.15) is 0 Å². The number of hydrogen-bond acceptors (Lipinski definition) is 16. The fraction of sp³-hybridized carbons (Fsp3) is 0.143. The monoisotopic (exact) mass is 1090 g/mol. The smallest absolute Gasteiger partial charge is 0.254 e. The molecule has 0 saturated carbocycles. The number of fused-ring (bicyclic) bond motifs is 12. The number of benzene rings is 4. The summed E-state index contributed by atoms with van der Waals surface area (Å²) in [6.45, 7) is 17.2. The van der Waals surface area contributed by atoms with Crippen LogP contribution in [0.2, 0.25) is 0 Å². The molecule has 8 heterocycles. The van der Waals surface area contributed by atoms with Crippen LogP contribution < -0.4 is 37.3 Å². The fourth-order valence-corrected chi connectivity index (χ4v) is 8.79. The Morgan fingerprint density at radius 1 is 0.227 bits per heavy atom.